The van der Waals surface area contributed by atoms with Crippen LogP contribution in [0.15, 0.2) is 48.0 Å². The molecule has 1 aromatic carbocycles. The summed E-state index contributed by atoms with van der Waals surface area (Å²) in [5.74, 6) is 0.764. The molecule has 1 fully saturated rings. The van der Waals surface area contributed by atoms with Crippen LogP contribution >= 0.6 is 11.3 Å². The molecule has 6 nitrogen and oxygen atoms in total. The molecule has 1 amide bonds. The van der Waals surface area contributed by atoms with E-state index in [1.54, 1.807) is 35.7 Å². The van der Waals surface area contributed by atoms with Crippen molar-refractivity contribution in [3.05, 3.63) is 70.1 Å². The van der Waals surface area contributed by atoms with Gasteiger partial charge in [-0.05, 0) is 62.7 Å². The number of carbonyl (C=O) groups is 1. The zero-order chi connectivity index (χ0) is 21.6. The number of ether oxygens (including phenoxy) is 1. The maximum absolute atomic E-state index is 13.0. The Hall–Kier alpha value is -2.84. The molecule has 1 N–H and O–H groups in total. The molecule has 0 atom stereocenters. The van der Waals surface area contributed by atoms with Crippen LogP contribution in [0.1, 0.15) is 29.1 Å². The smallest absolute Gasteiger partial charge is 0.223 e. The lowest BCUT2D eigenvalue weighted by Crippen LogP contribution is -2.40. The normalized spacial score (nSPS) is 15.0. The minimum Gasteiger partial charge on any atom is -0.439 e. The van der Waals surface area contributed by atoms with E-state index >= 15 is 0 Å². The quantitative estimate of drug-likeness (QED) is 0.593. The van der Waals surface area contributed by atoms with E-state index in [9.17, 15) is 9.18 Å². The predicted molar refractivity (Wildman–Crippen MR) is 117 cm³/mol. The maximum Gasteiger partial charge on any atom is 0.223 e. The molecule has 2 aromatic heterocycles. The van der Waals surface area contributed by atoms with Gasteiger partial charge in [0.2, 0.25) is 11.8 Å². The van der Waals surface area contributed by atoms with E-state index in [1.807, 2.05) is 13.0 Å². The number of benzene rings is 1. The number of thiazole rings is 1. The van der Waals surface area contributed by atoms with Gasteiger partial charge in [0, 0.05) is 36.7 Å². The number of piperidine rings is 1. The van der Waals surface area contributed by atoms with Gasteiger partial charge in [-0.2, -0.15) is 0 Å². The summed E-state index contributed by atoms with van der Waals surface area (Å²) in [4.78, 5) is 23.7. The molecule has 0 radical (unpaired) electrons. The summed E-state index contributed by atoms with van der Waals surface area (Å²) in [6, 6.07) is 9.38. The van der Waals surface area contributed by atoms with Crippen LogP contribution < -0.4 is 10.1 Å². The zero-order valence-corrected chi connectivity index (χ0v) is 18.2. The third-order valence-corrected chi connectivity index (χ3v) is 6.13. The minimum atomic E-state index is -0.313. The Morgan fingerprint density at radius 1 is 1.23 bits per heavy atom. The molecule has 1 saturated heterocycles. The standard InChI is InChI=1S/C23H25FN4O2S/c1-16-27-20(15-31-16)14-28-10-8-18(9-11-28)23(29)26-13-17-2-7-22(25-12-17)30-21-5-3-19(24)4-6-21/h2-7,12,15,18H,8-11,13-14H2,1H3,(H,26,29). The Bertz CT molecular complexity index is 999. The lowest BCUT2D eigenvalue weighted by molar-refractivity contribution is -0.126. The molecular formula is C23H25FN4O2S. The summed E-state index contributed by atoms with van der Waals surface area (Å²) in [6.45, 7) is 5.13. The summed E-state index contributed by atoms with van der Waals surface area (Å²) in [7, 11) is 0. The predicted octanol–water partition coefficient (Wildman–Crippen LogP) is 4.31. The van der Waals surface area contributed by atoms with Gasteiger partial charge in [-0.1, -0.05) is 6.07 Å². The highest BCUT2D eigenvalue weighted by atomic mass is 32.1. The van der Waals surface area contributed by atoms with Crippen molar-refractivity contribution < 1.29 is 13.9 Å². The van der Waals surface area contributed by atoms with Gasteiger partial charge in [-0.3, -0.25) is 9.69 Å². The average Bonchev–Trinajstić information content (AvgIpc) is 3.19. The molecule has 3 aromatic rings. The topological polar surface area (TPSA) is 67.4 Å². The summed E-state index contributed by atoms with van der Waals surface area (Å²) < 4.78 is 18.6. The van der Waals surface area contributed by atoms with Gasteiger partial charge in [0.1, 0.15) is 11.6 Å². The van der Waals surface area contributed by atoms with E-state index in [-0.39, 0.29) is 17.6 Å². The number of aromatic nitrogens is 2. The Labute approximate surface area is 185 Å². The SMILES string of the molecule is Cc1nc(CN2CCC(C(=O)NCc3ccc(Oc4ccc(F)cc4)nc3)CC2)cs1. The molecule has 0 aliphatic carbocycles. The fourth-order valence-electron chi connectivity index (χ4n) is 3.60. The number of rotatable bonds is 7. The number of amides is 1. The van der Waals surface area contributed by atoms with E-state index in [0.717, 1.165) is 48.7 Å². The van der Waals surface area contributed by atoms with Crippen molar-refractivity contribution >= 4 is 17.2 Å². The Balaban J connectivity index is 1.20. The van der Waals surface area contributed by atoms with Gasteiger partial charge < -0.3 is 10.1 Å². The summed E-state index contributed by atoms with van der Waals surface area (Å²) in [5.41, 5.74) is 2.01. The molecule has 4 rings (SSSR count). The van der Waals surface area contributed by atoms with Crippen molar-refractivity contribution in [3.63, 3.8) is 0 Å². The number of carbonyl (C=O) groups excluding carboxylic acids is 1. The van der Waals surface area contributed by atoms with E-state index in [1.165, 1.54) is 12.1 Å². The second kappa shape index (κ2) is 9.98. The molecule has 1 aliphatic rings. The first-order valence-corrected chi connectivity index (χ1v) is 11.2. The number of pyridine rings is 1. The highest BCUT2D eigenvalue weighted by molar-refractivity contribution is 7.09. The van der Waals surface area contributed by atoms with Gasteiger partial charge in [-0.25, -0.2) is 14.4 Å². The third-order valence-electron chi connectivity index (χ3n) is 5.31. The molecule has 0 unspecified atom stereocenters. The van der Waals surface area contributed by atoms with E-state index < -0.39 is 0 Å². The summed E-state index contributed by atoms with van der Waals surface area (Å²) in [5, 5.41) is 6.22. The van der Waals surface area contributed by atoms with Crippen LogP contribution in [0.25, 0.3) is 0 Å². The maximum atomic E-state index is 13.0. The van der Waals surface area contributed by atoms with Crippen LogP contribution in [-0.4, -0.2) is 33.9 Å². The number of aryl methyl sites for hydroxylation is 1. The molecule has 0 spiro atoms. The second-order valence-electron chi connectivity index (χ2n) is 7.69. The number of nitrogens with zero attached hydrogens (tertiary/aromatic N) is 3. The highest BCUT2D eigenvalue weighted by Gasteiger charge is 2.25. The lowest BCUT2D eigenvalue weighted by Gasteiger charge is -2.30. The van der Waals surface area contributed by atoms with Crippen molar-refractivity contribution in [2.24, 2.45) is 5.92 Å². The molecule has 31 heavy (non-hydrogen) atoms. The third kappa shape index (κ3) is 6.08. The Morgan fingerprint density at radius 3 is 2.65 bits per heavy atom. The van der Waals surface area contributed by atoms with Crippen molar-refractivity contribution in [2.75, 3.05) is 13.1 Å². The molecule has 162 valence electrons. The first-order chi connectivity index (χ1) is 15.0. The number of hydrogen-bond acceptors (Lipinski definition) is 6. The molecule has 0 bridgehead atoms. The van der Waals surface area contributed by atoms with Crippen LogP contribution in [0.2, 0.25) is 0 Å². The van der Waals surface area contributed by atoms with Crippen LogP contribution in [-0.2, 0) is 17.9 Å². The van der Waals surface area contributed by atoms with Gasteiger partial charge in [-0.15, -0.1) is 11.3 Å². The number of halogens is 1. The van der Waals surface area contributed by atoms with Gasteiger partial charge in [0.05, 0.1) is 10.7 Å². The second-order valence-corrected chi connectivity index (χ2v) is 8.75. The van der Waals surface area contributed by atoms with Crippen molar-refractivity contribution in [3.8, 4) is 11.6 Å². The molecule has 3 heterocycles. The zero-order valence-electron chi connectivity index (χ0n) is 17.4. The summed E-state index contributed by atoms with van der Waals surface area (Å²) >= 11 is 1.68. The van der Waals surface area contributed by atoms with Crippen LogP contribution in [0, 0.1) is 18.7 Å². The minimum absolute atomic E-state index is 0.0439. The molecule has 0 saturated carbocycles. The molecular weight excluding hydrogens is 415 g/mol. The average molecular weight is 441 g/mol. The molecule has 8 heteroatoms. The lowest BCUT2D eigenvalue weighted by atomic mass is 9.95. The number of nitrogens with one attached hydrogen (secondary N) is 1. The van der Waals surface area contributed by atoms with Crippen LogP contribution in [0.4, 0.5) is 4.39 Å². The fraction of sp³-hybridized carbons (Fsp3) is 0.348. The van der Waals surface area contributed by atoms with E-state index in [4.69, 9.17) is 4.74 Å². The Kier molecular flexibility index (Phi) is 6.89. The van der Waals surface area contributed by atoms with Gasteiger partial charge in [0.25, 0.3) is 0 Å². The largest absolute Gasteiger partial charge is 0.439 e. The van der Waals surface area contributed by atoms with Crippen LogP contribution in [0.5, 0.6) is 11.6 Å². The van der Waals surface area contributed by atoms with E-state index in [0.29, 0.717) is 18.2 Å². The molecule has 1 aliphatic heterocycles. The van der Waals surface area contributed by atoms with Crippen molar-refractivity contribution in [2.45, 2.75) is 32.9 Å². The van der Waals surface area contributed by atoms with Crippen LogP contribution in [0.3, 0.4) is 0 Å². The van der Waals surface area contributed by atoms with Crippen molar-refractivity contribution in [1.29, 1.82) is 0 Å². The monoisotopic (exact) mass is 440 g/mol. The van der Waals surface area contributed by atoms with E-state index in [2.05, 4.69) is 25.6 Å². The van der Waals surface area contributed by atoms with Crippen molar-refractivity contribution in [1.82, 2.24) is 20.2 Å². The Morgan fingerprint density at radius 2 is 2.00 bits per heavy atom. The number of hydrogen-bond donors (Lipinski definition) is 1. The van der Waals surface area contributed by atoms with Gasteiger partial charge >= 0.3 is 0 Å². The first-order valence-electron chi connectivity index (χ1n) is 10.3. The first kappa shape index (κ1) is 21.4. The highest BCUT2D eigenvalue weighted by Crippen LogP contribution is 2.21. The van der Waals surface area contributed by atoms with Gasteiger partial charge in [0.15, 0.2) is 0 Å². The number of likely N-dealkylation sites (tertiary alicyclic amines) is 1. The summed E-state index contributed by atoms with van der Waals surface area (Å²) in [6.07, 6.45) is 3.40. The fourth-order valence-corrected chi connectivity index (χ4v) is 4.20.